The van der Waals surface area contributed by atoms with Gasteiger partial charge in [0, 0.05) is 37.5 Å². The van der Waals surface area contributed by atoms with E-state index in [9.17, 15) is 4.79 Å². The first-order chi connectivity index (χ1) is 10.8. The predicted molar refractivity (Wildman–Crippen MR) is 88.7 cm³/mol. The number of hydrogen-bond acceptors (Lipinski definition) is 4. The highest BCUT2D eigenvalue weighted by molar-refractivity contribution is 7.09. The van der Waals surface area contributed by atoms with E-state index in [0.29, 0.717) is 13.0 Å². The van der Waals surface area contributed by atoms with Crippen molar-refractivity contribution in [2.45, 2.75) is 32.4 Å². The van der Waals surface area contributed by atoms with Gasteiger partial charge < -0.3 is 5.32 Å². The van der Waals surface area contributed by atoms with E-state index >= 15 is 0 Å². The van der Waals surface area contributed by atoms with E-state index in [0.717, 1.165) is 25.2 Å². The summed E-state index contributed by atoms with van der Waals surface area (Å²) in [7, 11) is 0. The number of aromatic nitrogens is 1. The maximum absolute atomic E-state index is 12.0. The maximum Gasteiger partial charge on any atom is 0.221 e. The zero-order valence-electron chi connectivity index (χ0n) is 12.8. The third kappa shape index (κ3) is 3.54. The summed E-state index contributed by atoms with van der Waals surface area (Å²) >= 11 is 1.72. The second kappa shape index (κ2) is 7.03. The van der Waals surface area contributed by atoms with Gasteiger partial charge >= 0.3 is 0 Å². The van der Waals surface area contributed by atoms with E-state index in [4.69, 9.17) is 0 Å². The zero-order valence-corrected chi connectivity index (χ0v) is 13.6. The molecule has 0 bridgehead atoms. The van der Waals surface area contributed by atoms with Crippen LogP contribution in [0.25, 0.3) is 0 Å². The smallest absolute Gasteiger partial charge is 0.221 e. The van der Waals surface area contributed by atoms with Gasteiger partial charge in [-0.25, -0.2) is 4.98 Å². The SMILES string of the molecule is CCc1nc(CN2CCNC(=O)C[C@H]2c2ccccc2)cs1. The predicted octanol–water partition coefficient (Wildman–Crippen LogP) is 2.77. The molecule has 1 aliphatic heterocycles. The molecular weight excluding hydrogens is 294 g/mol. The number of aryl methyl sites for hydroxylation is 1. The van der Waals surface area contributed by atoms with Crippen molar-refractivity contribution in [3.63, 3.8) is 0 Å². The van der Waals surface area contributed by atoms with Gasteiger partial charge in [0.2, 0.25) is 5.91 Å². The molecule has 1 atom stereocenters. The van der Waals surface area contributed by atoms with Crippen LogP contribution < -0.4 is 5.32 Å². The van der Waals surface area contributed by atoms with Crippen molar-refractivity contribution in [1.29, 1.82) is 0 Å². The molecule has 1 saturated heterocycles. The Labute approximate surface area is 135 Å². The number of nitrogens with one attached hydrogen (secondary N) is 1. The standard InChI is InChI=1S/C17H21N3OS/c1-2-17-19-14(12-22-17)11-20-9-8-18-16(21)10-15(20)13-6-4-3-5-7-13/h3-7,12,15H,2,8-11H2,1H3,(H,18,21)/t15-/m0/s1. The van der Waals surface area contributed by atoms with Crippen LogP contribution >= 0.6 is 11.3 Å². The van der Waals surface area contributed by atoms with E-state index in [1.54, 1.807) is 11.3 Å². The highest BCUT2D eigenvalue weighted by Crippen LogP contribution is 2.27. The van der Waals surface area contributed by atoms with Crippen LogP contribution in [-0.4, -0.2) is 28.9 Å². The molecule has 22 heavy (non-hydrogen) atoms. The van der Waals surface area contributed by atoms with Gasteiger partial charge in [0.15, 0.2) is 0 Å². The summed E-state index contributed by atoms with van der Waals surface area (Å²) in [4.78, 5) is 19.0. The van der Waals surface area contributed by atoms with Crippen LogP contribution in [0.5, 0.6) is 0 Å². The number of carbonyl (C=O) groups excluding carboxylic acids is 1. The molecule has 0 saturated carbocycles. The molecule has 116 valence electrons. The van der Waals surface area contributed by atoms with Crippen molar-refractivity contribution in [2.24, 2.45) is 0 Å². The summed E-state index contributed by atoms with van der Waals surface area (Å²) in [5.74, 6) is 0.129. The number of benzene rings is 1. The maximum atomic E-state index is 12.0. The van der Waals surface area contributed by atoms with Gasteiger partial charge in [-0.2, -0.15) is 0 Å². The fourth-order valence-electron chi connectivity index (χ4n) is 2.86. The summed E-state index contributed by atoms with van der Waals surface area (Å²) in [5.41, 5.74) is 2.31. The fourth-order valence-corrected chi connectivity index (χ4v) is 3.59. The average molecular weight is 315 g/mol. The summed E-state index contributed by atoms with van der Waals surface area (Å²) in [6.45, 7) is 4.48. The quantitative estimate of drug-likeness (QED) is 0.943. The average Bonchev–Trinajstić information content (AvgIpc) is 2.92. The van der Waals surface area contributed by atoms with Crippen molar-refractivity contribution in [1.82, 2.24) is 15.2 Å². The molecule has 1 N–H and O–H groups in total. The molecule has 4 nitrogen and oxygen atoms in total. The van der Waals surface area contributed by atoms with Crippen LogP contribution in [0, 0.1) is 0 Å². The molecule has 0 radical (unpaired) electrons. The Balaban J connectivity index is 1.83. The first-order valence-corrected chi connectivity index (χ1v) is 8.63. The lowest BCUT2D eigenvalue weighted by Gasteiger charge is -2.28. The van der Waals surface area contributed by atoms with Gasteiger partial charge in [-0.3, -0.25) is 9.69 Å². The normalized spacial score (nSPS) is 19.7. The molecule has 0 unspecified atom stereocenters. The van der Waals surface area contributed by atoms with E-state index in [2.05, 4.69) is 39.6 Å². The largest absolute Gasteiger partial charge is 0.355 e. The van der Waals surface area contributed by atoms with Gasteiger partial charge in [0.25, 0.3) is 0 Å². The van der Waals surface area contributed by atoms with E-state index < -0.39 is 0 Å². The number of thiazole rings is 1. The first kappa shape index (κ1) is 15.2. The fraction of sp³-hybridized carbons (Fsp3) is 0.412. The number of carbonyl (C=O) groups is 1. The Morgan fingerprint density at radius 2 is 2.18 bits per heavy atom. The van der Waals surface area contributed by atoms with E-state index in [-0.39, 0.29) is 11.9 Å². The lowest BCUT2D eigenvalue weighted by molar-refractivity contribution is -0.121. The molecule has 0 spiro atoms. The number of hydrogen-bond donors (Lipinski definition) is 1. The van der Waals surface area contributed by atoms with Crippen molar-refractivity contribution in [3.8, 4) is 0 Å². The molecule has 2 heterocycles. The van der Waals surface area contributed by atoms with Gasteiger partial charge in [-0.05, 0) is 12.0 Å². The number of nitrogens with zero attached hydrogens (tertiary/aromatic N) is 2. The molecule has 3 rings (SSSR count). The number of amides is 1. The minimum atomic E-state index is 0.121. The van der Waals surface area contributed by atoms with E-state index in [1.807, 2.05) is 18.2 Å². The summed E-state index contributed by atoms with van der Waals surface area (Å²) < 4.78 is 0. The van der Waals surface area contributed by atoms with E-state index in [1.165, 1.54) is 10.6 Å². The van der Waals surface area contributed by atoms with Gasteiger partial charge in [-0.15, -0.1) is 11.3 Å². The Kier molecular flexibility index (Phi) is 4.85. The second-order valence-electron chi connectivity index (χ2n) is 5.54. The Morgan fingerprint density at radius 1 is 1.36 bits per heavy atom. The first-order valence-electron chi connectivity index (χ1n) is 7.75. The van der Waals surface area contributed by atoms with Crippen LogP contribution in [0.1, 0.15) is 35.7 Å². The van der Waals surface area contributed by atoms with Crippen LogP contribution in [0.15, 0.2) is 35.7 Å². The molecule has 1 fully saturated rings. The zero-order chi connectivity index (χ0) is 15.4. The molecule has 0 aliphatic carbocycles. The lowest BCUT2D eigenvalue weighted by atomic mass is 10.0. The van der Waals surface area contributed by atoms with Crippen LogP contribution in [0.4, 0.5) is 0 Å². The summed E-state index contributed by atoms with van der Waals surface area (Å²) in [6.07, 6.45) is 1.49. The molecule has 1 amide bonds. The molecule has 2 aromatic rings. The highest BCUT2D eigenvalue weighted by Gasteiger charge is 2.26. The van der Waals surface area contributed by atoms with Crippen molar-refractivity contribution < 1.29 is 4.79 Å². The third-order valence-corrected chi connectivity index (χ3v) is 5.03. The second-order valence-corrected chi connectivity index (χ2v) is 6.48. The Hall–Kier alpha value is -1.72. The molecular formula is C17H21N3OS. The molecule has 1 aliphatic rings. The summed E-state index contributed by atoms with van der Waals surface area (Å²) in [6, 6.07) is 10.4. The summed E-state index contributed by atoms with van der Waals surface area (Å²) in [5, 5.41) is 6.29. The third-order valence-electron chi connectivity index (χ3n) is 3.99. The highest BCUT2D eigenvalue weighted by atomic mass is 32.1. The van der Waals surface area contributed by atoms with Crippen LogP contribution in [0.3, 0.4) is 0 Å². The van der Waals surface area contributed by atoms with Gasteiger partial charge in [-0.1, -0.05) is 37.3 Å². The lowest BCUT2D eigenvalue weighted by Crippen LogP contribution is -2.30. The van der Waals surface area contributed by atoms with Crippen molar-refractivity contribution in [2.75, 3.05) is 13.1 Å². The minimum Gasteiger partial charge on any atom is -0.355 e. The Bertz CT molecular complexity index is 626. The minimum absolute atomic E-state index is 0.121. The molecule has 5 heteroatoms. The topological polar surface area (TPSA) is 45.2 Å². The van der Waals surface area contributed by atoms with Crippen LogP contribution in [0.2, 0.25) is 0 Å². The number of rotatable bonds is 4. The van der Waals surface area contributed by atoms with Crippen LogP contribution in [-0.2, 0) is 17.8 Å². The van der Waals surface area contributed by atoms with Gasteiger partial charge in [0.1, 0.15) is 0 Å². The molecule has 1 aromatic heterocycles. The Morgan fingerprint density at radius 3 is 2.91 bits per heavy atom. The van der Waals surface area contributed by atoms with Crippen molar-refractivity contribution in [3.05, 3.63) is 52.0 Å². The van der Waals surface area contributed by atoms with Gasteiger partial charge in [0.05, 0.1) is 10.7 Å². The molecule has 1 aromatic carbocycles. The van der Waals surface area contributed by atoms with Crippen molar-refractivity contribution >= 4 is 17.2 Å². The monoisotopic (exact) mass is 315 g/mol.